The second-order valence-corrected chi connectivity index (χ2v) is 9.35. The van der Waals surface area contributed by atoms with Crippen molar-refractivity contribution < 1.29 is 14.1 Å². The van der Waals surface area contributed by atoms with E-state index < -0.39 is 0 Å². The number of amides is 1. The molecule has 32 heavy (non-hydrogen) atoms. The molecule has 6 nitrogen and oxygen atoms in total. The van der Waals surface area contributed by atoms with Gasteiger partial charge in [-0.15, -0.1) is 0 Å². The average Bonchev–Trinajstić information content (AvgIpc) is 3.40. The third-order valence-electron chi connectivity index (χ3n) is 5.81. The van der Waals surface area contributed by atoms with Crippen molar-refractivity contribution in [2.45, 2.75) is 65.0 Å². The molecule has 1 saturated heterocycles. The minimum Gasteiger partial charge on any atom is -0.494 e. The predicted octanol–water partition coefficient (Wildman–Crippen LogP) is 5.69. The number of ether oxygens (including phenoxy) is 1. The number of hydrogen-bond acceptors (Lipinski definition) is 5. The maximum atomic E-state index is 12.6. The van der Waals surface area contributed by atoms with E-state index in [1.165, 1.54) is 5.56 Å². The Labute approximate surface area is 189 Å². The Hall–Kier alpha value is -3.15. The van der Waals surface area contributed by atoms with Gasteiger partial charge in [-0.3, -0.25) is 4.79 Å². The van der Waals surface area contributed by atoms with E-state index in [2.05, 4.69) is 62.1 Å². The molecule has 1 atom stereocenters. The highest BCUT2D eigenvalue weighted by Crippen LogP contribution is 2.34. The molecule has 0 N–H and O–H groups in total. The van der Waals surface area contributed by atoms with Gasteiger partial charge >= 0.3 is 0 Å². The molecule has 0 radical (unpaired) electrons. The highest BCUT2D eigenvalue weighted by atomic mass is 16.5. The first-order chi connectivity index (χ1) is 15.3. The Kier molecular flexibility index (Phi) is 6.31. The molecule has 1 aliphatic heterocycles. The molecule has 1 aliphatic rings. The number of benzene rings is 2. The van der Waals surface area contributed by atoms with E-state index >= 15 is 0 Å². The van der Waals surface area contributed by atoms with Gasteiger partial charge < -0.3 is 14.2 Å². The molecule has 0 aliphatic carbocycles. The van der Waals surface area contributed by atoms with Crippen molar-refractivity contribution in [1.29, 1.82) is 0 Å². The Morgan fingerprint density at radius 1 is 1.09 bits per heavy atom. The molecule has 3 aromatic rings. The van der Waals surface area contributed by atoms with Crippen LogP contribution < -0.4 is 4.74 Å². The topological polar surface area (TPSA) is 68.5 Å². The second-order valence-electron chi connectivity index (χ2n) is 9.35. The molecule has 4 rings (SSSR count). The van der Waals surface area contributed by atoms with Crippen LogP contribution in [0.5, 0.6) is 5.75 Å². The molecule has 0 bridgehead atoms. The summed E-state index contributed by atoms with van der Waals surface area (Å²) in [4.78, 5) is 19.1. The molecule has 2 aromatic carbocycles. The van der Waals surface area contributed by atoms with Crippen molar-refractivity contribution in [2.24, 2.45) is 0 Å². The van der Waals surface area contributed by atoms with Crippen molar-refractivity contribution in [2.75, 3.05) is 6.61 Å². The lowest BCUT2D eigenvalue weighted by Gasteiger charge is -2.23. The summed E-state index contributed by atoms with van der Waals surface area (Å²) in [5, 5.41) is 4.16. The first-order valence-corrected chi connectivity index (χ1v) is 11.3. The van der Waals surface area contributed by atoms with Gasteiger partial charge in [0, 0.05) is 18.5 Å². The van der Waals surface area contributed by atoms with Gasteiger partial charge in [-0.05, 0) is 53.6 Å². The smallest absolute Gasteiger partial charge is 0.249 e. The summed E-state index contributed by atoms with van der Waals surface area (Å²) in [5.41, 5.74) is 3.33. The molecule has 6 heteroatoms. The summed E-state index contributed by atoms with van der Waals surface area (Å²) in [6.07, 6.45) is 2.14. The lowest BCUT2D eigenvalue weighted by Crippen LogP contribution is -2.27. The van der Waals surface area contributed by atoms with Crippen molar-refractivity contribution in [3.63, 3.8) is 0 Å². The van der Waals surface area contributed by atoms with E-state index in [-0.39, 0.29) is 17.4 Å². The van der Waals surface area contributed by atoms with E-state index in [1.54, 1.807) is 0 Å². The average molecular weight is 434 g/mol. The zero-order valence-electron chi connectivity index (χ0n) is 19.3. The van der Waals surface area contributed by atoms with Crippen LogP contribution in [0.2, 0.25) is 0 Å². The van der Waals surface area contributed by atoms with E-state index in [0.717, 1.165) is 23.3 Å². The molecule has 1 unspecified atom stereocenters. The molecule has 0 spiro atoms. The van der Waals surface area contributed by atoms with Crippen LogP contribution >= 0.6 is 0 Å². The number of carbonyl (C=O) groups excluding carboxylic acids is 1. The summed E-state index contributed by atoms with van der Waals surface area (Å²) in [6.45, 7) is 9.89. The fraction of sp³-hybridized carbons (Fsp3) is 0.423. The number of nitrogens with zero attached hydrogens (tertiary/aromatic N) is 3. The van der Waals surface area contributed by atoms with E-state index in [9.17, 15) is 4.79 Å². The molecule has 168 valence electrons. The standard InChI is InChI=1S/C26H31N3O3/c1-5-16-31-21-12-8-19(9-13-21)24-27-25(32-28-24)22-14-15-23(30)29(22)17-18-6-10-20(11-7-18)26(2,3)4/h6-13,22H,5,14-17H2,1-4H3. The largest absolute Gasteiger partial charge is 0.494 e. The van der Waals surface area contributed by atoms with Crippen molar-refractivity contribution in [1.82, 2.24) is 15.0 Å². The van der Waals surface area contributed by atoms with Crippen LogP contribution in [0, 0.1) is 0 Å². The van der Waals surface area contributed by atoms with Gasteiger partial charge in [0.1, 0.15) is 11.8 Å². The van der Waals surface area contributed by atoms with E-state index in [4.69, 9.17) is 9.26 Å². The maximum absolute atomic E-state index is 12.6. The van der Waals surface area contributed by atoms with Gasteiger partial charge in [-0.2, -0.15) is 4.98 Å². The number of likely N-dealkylation sites (tertiary alicyclic amines) is 1. The summed E-state index contributed by atoms with van der Waals surface area (Å²) in [7, 11) is 0. The van der Waals surface area contributed by atoms with Crippen LogP contribution in [-0.2, 0) is 16.8 Å². The molecule has 1 fully saturated rings. The molecule has 2 heterocycles. The van der Waals surface area contributed by atoms with Gasteiger partial charge in [-0.25, -0.2) is 0 Å². The monoisotopic (exact) mass is 433 g/mol. The fourth-order valence-electron chi connectivity index (χ4n) is 3.90. The third kappa shape index (κ3) is 4.85. The van der Waals surface area contributed by atoms with Crippen LogP contribution in [-0.4, -0.2) is 27.6 Å². The first kappa shape index (κ1) is 22.1. The second kappa shape index (κ2) is 9.15. The van der Waals surface area contributed by atoms with Gasteiger partial charge in [0.25, 0.3) is 0 Å². The molecular weight excluding hydrogens is 402 g/mol. The zero-order chi connectivity index (χ0) is 22.7. The Morgan fingerprint density at radius 2 is 1.81 bits per heavy atom. The van der Waals surface area contributed by atoms with Crippen LogP contribution in [0.4, 0.5) is 0 Å². The number of hydrogen-bond donors (Lipinski definition) is 0. The van der Waals surface area contributed by atoms with Crippen LogP contribution in [0.25, 0.3) is 11.4 Å². The predicted molar refractivity (Wildman–Crippen MR) is 123 cm³/mol. The number of aromatic nitrogens is 2. The normalized spacial score (nSPS) is 16.6. The van der Waals surface area contributed by atoms with Crippen molar-refractivity contribution in [3.05, 3.63) is 65.5 Å². The maximum Gasteiger partial charge on any atom is 0.249 e. The van der Waals surface area contributed by atoms with E-state index in [1.807, 2.05) is 29.2 Å². The molecule has 1 amide bonds. The van der Waals surface area contributed by atoms with E-state index in [0.29, 0.717) is 37.7 Å². The number of rotatable bonds is 7. The highest BCUT2D eigenvalue weighted by molar-refractivity contribution is 5.78. The summed E-state index contributed by atoms with van der Waals surface area (Å²) in [5.74, 6) is 1.95. The SMILES string of the molecule is CCCOc1ccc(-c2noc(C3CCC(=O)N3Cc3ccc(C(C)(C)C)cc3)n2)cc1. The van der Waals surface area contributed by atoms with Gasteiger partial charge in [0.15, 0.2) is 0 Å². The summed E-state index contributed by atoms with van der Waals surface area (Å²) < 4.78 is 11.2. The van der Waals surface area contributed by atoms with Crippen molar-refractivity contribution >= 4 is 5.91 Å². The van der Waals surface area contributed by atoms with Gasteiger partial charge in [-0.1, -0.05) is 57.1 Å². The number of carbonyl (C=O) groups is 1. The van der Waals surface area contributed by atoms with Crippen LogP contribution in [0.3, 0.4) is 0 Å². The Morgan fingerprint density at radius 3 is 2.47 bits per heavy atom. The minimum absolute atomic E-state index is 0.102. The van der Waals surface area contributed by atoms with Crippen molar-refractivity contribution in [3.8, 4) is 17.1 Å². The van der Waals surface area contributed by atoms with Gasteiger partial charge in [0.2, 0.25) is 17.6 Å². The first-order valence-electron chi connectivity index (χ1n) is 11.3. The minimum atomic E-state index is -0.196. The quantitative estimate of drug-likeness (QED) is 0.479. The lowest BCUT2D eigenvalue weighted by molar-refractivity contribution is -0.129. The molecule has 1 aromatic heterocycles. The molecular formula is C26H31N3O3. The van der Waals surface area contributed by atoms with Crippen LogP contribution in [0.15, 0.2) is 53.1 Å². The Bertz CT molecular complexity index is 1050. The molecule has 0 saturated carbocycles. The highest BCUT2D eigenvalue weighted by Gasteiger charge is 2.36. The van der Waals surface area contributed by atoms with Gasteiger partial charge in [0.05, 0.1) is 6.61 Å². The van der Waals surface area contributed by atoms with Crippen LogP contribution in [0.1, 0.15) is 70.0 Å². The summed E-state index contributed by atoms with van der Waals surface area (Å²) >= 11 is 0. The third-order valence-corrected chi connectivity index (χ3v) is 5.81. The Balaban J connectivity index is 1.48. The fourth-order valence-corrected chi connectivity index (χ4v) is 3.90. The lowest BCUT2D eigenvalue weighted by atomic mass is 9.87. The summed E-state index contributed by atoms with van der Waals surface area (Å²) in [6, 6.07) is 16.0. The zero-order valence-corrected chi connectivity index (χ0v) is 19.3.